The summed E-state index contributed by atoms with van der Waals surface area (Å²) >= 11 is 0. The minimum Gasteiger partial charge on any atom is -0.449 e. The molecule has 2 aromatic rings. The van der Waals surface area contributed by atoms with Crippen molar-refractivity contribution >= 4 is 23.3 Å². The van der Waals surface area contributed by atoms with E-state index in [9.17, 15) is 9.59 Å². The minimum absolute atomic E-state index is 0.327. The van der Waals surface area contributed by atoms with Crippen LogP contribution in [0.25, 0.3) is 0 Å². The number of nitrogen functional groups attached to an aromatic ring is 1. The molecule has 2 rings (SSSR count). The van der Waals surface area contributed by atoms with Crippen molar-refractivity contribution in [2.45, 2.75) is 33.3 Å². The summed E-state index contributed by atoms with van der Waals surface area (Å²) < 4.78 is 5.33. The summed E-state index contributed by atoms with van der Waals surface area (Å²) in [7, 11) is 0. The van der Waals surface area contributed by atoms with Gasteiger partial charge in [-0.3, -0.25) is 4.79 Å². The molecule has 0 aliphatic rings. The zero-order valence-corrected chi connectivity index (χ0v) is 14.1. The SMILES string of the molecule is CCC(OC(=O)c1cccc(N)c1)C(=O)Nc1cc(C)cc(C)c1. The molecule has 1 unspecified atom stereocenters. The van der Waals surface area contributed by atoms with Gasteiger partial charge in [-0.05, 0) is 61.7 Å². The highest BCUT2D eigenvalue weighted by molar-refractivity contribution is 5.97. The number of ether oxygens (including phenoxy) is 1. The molecule has 0 fully saturated rings. The second kappa shape index (κ2) is 7.64. The second-order valence-corrected chi connectivity index (χ2v) is 5.79. The molecule has 0 aliphatic carbocycles. The van der Waals surface area contributed by atoms with Crippen molar-refractivity contribution in [3.05, 3.63) is 59.2 Å². The number of aryl methyl sites for hydroxylation is 2. The van der Waals surface area contributed by atoms with Crippen molar-refractivity contribution in [3.63, 3.8) is 0 Å². The van der Waals surface area contributed by atoms with E-state index in [-0.39, 0.29) is 5.91 Å². The van der Waals surface area contributed by atoms with Crippen molar-refractivity contribution in [1.29, 1.82) is 0 Å². The van der Waals surface area contributed by atoms with E-state index < -0.39 is 12.1 Å². The van der Waals surface area contributed by atoms with E-state index in [4.69, 9.17) is 10.5 Å². The van der Waals surface area contributed by atoms with Gasteiger partial charge < -0.3 is 15.8 Å². The van der Waals surface area contributed by atoms with Crippen LogP contribution in [-0.2, 0) is 9.53 Å². The maximum Gasteiger partial charge on any atom is 0.338 e. The molecule has 2 aromatic carbocycles. The predicted octanol–water partition coefficient (Wildman–Crippen LogP) is 3.46. The third kappa shape index (κ3) is 4.59. The number of hydrogen-bond donors (Lipinski definition) is 2. The van der Waals surface area contributed by atoms with E-state index in [2.05, 4.69) is 5.32 Å². The third-order valence-electron chi connectivity index (χ3n) is 3.52. The Labute approximate surface area is 141 Å². The Morgan fingerprint density at radius 3 is 2.38 bits per heavy atom. The van der Waals surface area contributed by atoms with Crippen molar-refractivity contribution in [1.82, 2.24) is 0 Å². The number of amides is 1. The van der Waals surface area contributed by atoms with Crippen LogP contribution in [0.1, 0.15) is 34.8 Å². The lowest BCUT2D eigenvalue weighted by molar-refractivity contribution is -0.124. The van der Waals surface area contributed by atoms with Gasteiger partial charge in [-0.1, -0.05) is 19.1 Å². The normalized spacial score (nSPS) is 11.6. The molecule has 1 amide bonds. The van der Waals surface area contributed by atoms with E-state index in [1.54, 1.807) is 25.1 Å². The Bertz CT molecular complexity index is 736. The van der Waals surface area contributed by atoms with Crippen LogP contribution in [-0.4, -0.2) is 18.0 Å². The van der Waals surface area contributed by atoms with E-state index in [1.807, 2.05) is 32.0 Å². The van der Waals surface area contributed by atoms with E-state index >= 15 is 0 Å². The highest BCUT2D eigenvalue weighted by Gasteiger charge is 2.22. The molecule has 0 aliphatic heterocycles. The number of rotatable bonds is 5. The lowest BCUT2D eigenvalue weighted by Gasteiger charge is -2.16. The Balaban J connectivity index is 2.07. The molecule has 5 heteroatoms. The van der Waals surface area contributed by atoms with E-state index in [0.29, 0.717) is 23.4 Å². The van der Waals surface area contributed by atoms with Gasteiger partial charge in [0.2, 0.25) is 0 Å². The maximum atomic E-state index is 12.4. The van der Waals surface area contributed by atoms with Crippen molar-refractivity contribution in [2.24, 2.45) is 0 Å². The first kappa shape index (κ1) is 17.5. The number of anilines is 2. The van der Waals surface area contributed by atoms with Crippen LogP contribution in [0, 0.1) is 13.8 Å². The fourth-order valence-corrected chi connectivity index (χ4v) is 2.45. The quantitative estimate of drug-likeness (QED) is 0.651. The molecular weight excluding hydrogens is 304 g/mol. The molecule has 0 saturated carbocycles. The van der Waals surface area contributed by atoms with Gasteiger partial charge in [-0.2, -0.15) is 0 Å². The Morgan fingerprint density at radius 1 is 1.12 bits per heavy atom. The van der Waals surface area contributed by atoms with Crippen LogP contribution in [0.2, 0.25) is 0 Å². The highest BCUT2D eigenvalue weighted by atomic mass is 16.5. The summed E-state index contributed by atoms with van der Waals surface area (Å²) in [5.74, 6) is -0.913. The zero-order chi connectivity index (χ0) is 17.7. The smallest absolute Gasteiger partial charge is 0.338 e. The topological polar surface area (TPSA) is 81.4 Å². The minimum atomic E-state index is -0.861. The number of hydrogen-bond acceptors (Lipinski definition) is 4. The summed E-state index contributed by atoms with van der Waals surface area (Å²) in [5, 5.41) is 2.80. The molecule has 0 bridgehead atoms. The summed E-state index contributed by atoms with van der Waals surface area (Å²) in [6, 6.07) is 12.2. The van der Waals surface area contributed by atoms with E-state index in [0.717, 1.165) is 11.1 Å². The van der Waals surface area contributed by atoms with Gasteiger partial charge in [-0.25, -0.2) is 4.79 Å². The molecule has 0 aromatic heterocycles. The van der Waals surface area contributed by atoms with E-state index in [1.165, 1.54) is 6.07 Å². The molecule has 0 heterocycles. The van der Waals surface area contributed by atoms with Crippen LogP contribution < -0.4 is 11.1 Å². The maximum absolute atomic E-state index is 12.4. The van der Waals surface area contributed by atoms with Gasteiger partial charge in [0.15, 0.2) is 6.10 Å². The van der Waals surface area contributed by atoms with Crippen LogP contribution in [0.4, 0.5) is 11.4 Å². The van der Waals surface area contributed by atoms with Crippen LogP contribution in [0.5, 0.6) is 0 Å². The molecule has 1 atom stereocenters. The molecule has 5 nitrogen and oxygen atoms in total. The summed E-state index contributed by atoms with van der Waals surface area (Å²) in [6.45, 7) is 5.71. The Kier molecular flexibility index (Phi) is 5.58. The number of nitrogens with two attached hydrogens (primary N) is 1. The second-order valence-electron chi connectivity index (χ2n) is 5.79. The fourth-order valence-electron chi connectivity index (χ4n) is 2.45. The van der Waals surface area contributed by atoms with Gasteiger partial charge in [0.05, 0.1) is 5.56 Å². The van der Waals surface area contributed by atoms with Gasteiger partial charge in [0, 0.05) is 11.4 Å². The number of nitrogens with one attached hydrogen (secondary N) is 1. The average Bonchev–Trinajstić information content (AvgIpc) is 2.51. The predicted molar refractivity (Wildman–Crippen MR) is 94.9 cm³/mol. The third-order valence-corrected chi connectivity index (χ3v) is 3.52. The number of esters is 1. The molecule has 0 spiro atoms. The number of carbonyl (C=O) groups excluding carboxylic acids is 2. The molecule has 126 valence electrons. The lowest BCUT2D eigenvalue weighted by atomic mass is 10.1. The lowest BCUT2D eigenvalue weighted by Crippen LogP contribution is -2.32. The van der Waals surface area contributed by atoms with Crippen molar-refractivity contribution < 1.29 is 14.3 Å². The standard InChI is InChI=1S/C19H22N2O3/c1-4-17(24-19(23)14-6-5-7-15(20)11-14)18(22)21-16-9-12(2)8-13(3)10-16/h5-11,17H,4,20H2,1-3H3,(H,21,22). The molecular formula is C19H22N2O3. The molecule has 0 saturated heterocycles. The first-order valence-corrected chi connectivity index (χ1v) is 7.84. The highest BCUT2D eigenvalue weighted by Crippen LogP contribution is 2.16. The van der Waals surface area contributed by atoms with Crippen LogP contribution >= 0.6 is 0 Å². The average molecular weight is 326 g/mol. The summed E-state index contributed by atoms with van der Waals surface area (Å²) in [4.78, 5) is 24.6. The largest absolute Gasteiger partial charge is 0.449 e. The van der Waals surface area contributed by atoms with Gasteiger partial charge in [0.25, 0.3) is 5.91 Å². The summed E-state index contributed by atoms with van der Waals surface area (Å²) in [6.07, 6.45) is -0.482. The van der Waals surface area contributed by atoms with Crippen molar-refractivity contribution in [2.75, 3.05) is 11.1 Å². The van der Waals surface area contributed by atoms with Gasteiger partial charge in [0.1, 0.15) is 0 Å². The first-order valence-electron chi connectivity index (χ1n) is 7.84. The Morgan fingerprint density at radius 2 is 1.79 bits per heavy atom. The van der Waals surface area contributed by atoms with Crippen LogP contribution in [0.15, 0.2) is 42.5 Å². The summed E-state index contributed by atoms with van der Waals surface area (Å²) in [5.41, 5.74) is 9.25. The number of benzene rings is 2. The number of carbonyl (C=O) groups is 2. The molecule has 0 radical (unpaired) electrons. The zero-order valence-electron chi connectivity index (χ0n) is 14.1. The van der Waals surface area contributed by atoms with Crippen molar-refractivity contribution in [3.8, 4) is 0 Å². The molecule has 24 heavy (non-hydrogen) atoms. The fraction of sp³-hybridized carbons (Fsp3) is 0.263. The Hall–Kier alpha value is -2.82. The van der Waals surface area contributed by atoms with Crippen LogP contribution in [0.3, 0.4) is 0 Å². The monoisotopic (exact) mass is 326 g/mol. The first-order chi connectivity index (χ1) is 11.4. The van der Waals surface area contributed by atoms with Gasteiger partial charge in [-0.15, -0.1) is 0 Å². The van der Waals surface area contributed by atoms with Gasteiger partial charge >= 0.3 is 5.97 Å². The molecule has 3 N–H and O–H groups in total.